The fourth-order valence-corrected chi connectivity index (χ4v) is 5.32. The van der Waals surface area contributed by atoms with E-state index in [1.54, 1.807) is 28.4 Å². The molecule has 1 aromatic heterocycles. The minimum Gasteiger partial charge on any atom is -0.384 e. The summed E-state index contributed by atoms with van der Waals surface area (Å²) in [7, 11) is 0. The Bertz CT molecular complexity index is 1170. The van der Waals surface area contributed by atoms with Crippen molar-refractivity contribution in [3.8, 4) is 6.07 Å². The zero-order valence-corrected chi connectivity index (χ0v) is 17.5. The van der Waals surface area contributed by atoms with Gasteiger partial charge in [-0.1, -0.05) is 0 Å². The summed E-state index contributed by atoms with van der Waals surface area (Å²) in [4.78, 5) is 27.5. The van der Waals surface area contributed by atoms with Gasteiger partial charge in [-0.2, -0.15) is 5.26 Å². The van der Waals surface area contributed by atoms with E-state index in [0.29, 0.717) is 36.1 Å². The van der Waals surface area contributed by atoms with Gasteiger partial charge in [0.05, 0.1) is 22.5 Å². The van der Waals surface area contributed by atoms with Crippen LogP contribution in [0.25, 0.3) is 0 Å². The molecule has 1 aliphatic carbocycles. The van der Waals surface area contributed by atoms with Crippen LogP contribution >= 0.6 is 11.3 Å². The number of nitriles is 1. The van der Waals surface area contributed by atoms with Crippen LogP contribution in [-0.2, 0) is 4.79 Å². The van der Waals surface area contributed by atoms with Crippen LogP contribution in [0.5, 0.6) is 0 Å². The van der Waals surface area contributed by atoms with Crippen LogP contribution < -0.4 is 10.6 Å². The molecule has 0 fully saturated rings. The summed E-state index contributed by atoms with van der Waals surface area (Å²) in [6.07, 6.45) is 1.78. The highest BCUT2D eigenvalue weighted by Gasteiger charge is 2.41. The molecular weight excluding hydrogens is 400 g/mol. The van der Waals surface area contributed by atoms with Gasteiger partial charge in [0.2, 0.25) is 0 Å². The standard InChI is InChI=1S/C22H20N4O3S/c1-12-10-16(13(2)30-12)20-17(11-23)22(24)25(18-4-3-5-19(27)21(18)20)14-6-8-15(9-7-14)26(28)29/h6-10,20H,3-5,24H2,1-2H3/t20-/m0/s1. The third-order valence-corrected chi connectivity index (χ3v) is 6.60. The normalized spacial score (nSPS) is 19.0. The van der Waals surface area contributed by atoms with Crippen LogP contribution in [0.1, 0.15) is 40.5 Å². The van der Waals surface area contributed by atoms with Crippen molar-refractivity contribution in [2.75, 3.05) is 4.90 Å². The summed E-state index contributed by atoms with van der Waals surface area (Å²) in [5.41, 5.74) is 9.76. The molecule has 0 unspecified atom stereocenters. The number of benzene rings is 1. The first-order valence-corrected chi connectivity index (χ1v) is 10.4. The molecule has 0 amide bonds. The second-order valence-electron chi connectivity index (χ2n) is 7.46. The van der Waals surface area contributed by atoms with Crippen molar-refractivity contribution in [1.29, 1.82) is 5.26 Å². The molecule has 0 spiro atoms. The molecular formula is C22H20N4O3S. The highest BCUT2D eigenvalue weighted by atomic mass is 32.1. The second kappa shape index (κ2) is 7.43. The summed E-state index contributed by atoms with van der Waals surface area (Å²) in [5, 5.41) is 21.0. The molecule has 0 bridgehead atoms. The molecule has 152 valence electrons. The van der Waals surface area contributed by atoms with Gasteiger partial charge in [0.15, 0.2) is 5.78 Å². The van der Waals surface area contributed by atoms with E-state index in [2.05, 4.69) is 6.07 Å². The Morgan fingerprint density at radius 1 is 1.27 bits per heavy atom. The Balaban J connectivity index is 1.94. The third-order valence-electron chi connectivity index (χ3n) is 5.62. The molecule has 1 aromatic carbocycles. The number of carbonyl (C=O) groups excluding carboxylic acids is 1. The molecule has 1 atom stereocenters. The summed E-state index contributed by atoms with van der Waals surface area (Å²) in [6.45, 7) is 4.00. The van der Waals surface area contributed by atoms with Crippen molar-refractivity contribution >= 4 is 28.5 Å². The number of rotatable bonds is 3. The number of nitrogens with zero attached hydrogens (tertiary/aromatic N) is 3. The van der Waals surface area contributed by atoms with Gasteiger partial charge in [-0.15, -0.1) is 11.3 Å². The maximum Gasteiger partial charge on any atom is 0.269 e. The minimum absolute atomic E-state index is 0.0247. The largest absolute Gasteiger partial charge is 0.384 e. The molecule has 30 heavy (non-hydrogen) atoms. The van der Waals surface area contributed by atoms with Gasteiger partial charge in [0.1, 0.15) is 5.82 Å². The topological polar surface area (TPSA) is 113 Å². The fraction of sp³-hybridized carbons (Fsp3) is 0.273. The lowest BCUT2D eigenvalue weighted by atomic mass is 9.75. The Morgan fingerprint density at radius 3 is 2.53 bits per heavy atom. The van der Waals surface area contributed by atoms with E-state index in [1.165, 1.54) is 12.1 Å². The Hall–Kier alpha value is -3.44. The van der Waals surface area contributed by atoms with Crippen molar-refractivity contribution < 1.29 is 9.72 Å². The van der Waals surface area contributed by atoms with E-state index >= 15 is 0 Å². The molecule has 1 aliphatic heterocycles. The number of hydrogen-bond donors (Lipinski definition) is 1. The highest BCUT2D eigenvalue weighted by Crippen LogP contribution is 2.48. The van der Waals surface area contributed by atoms with Gasteiger partial charge < -0.3 is 5.73 Å². The molecule has 0 radical (unpaired) electrons. The maximum atomic E-state index is 13.1. The van der Waals surface area contributed by atoms with Crippen molar-refractivity contribution in [3.05, 3.63) is 78.4 Å². The Labute approximate surface area is 177 Å². The smallest absolute Gasteiger partial charge is 0.269 e. The first-order valence-electron chi connectivity index (χ1n) is 9.61. The zero-order valence-electron chi connectivity index (χ0n) is 16.6. The van der Waals surface area contributed by atoms with Crippen LogP contribution in [0.15, 0.2) is 53.0 Å². The molecule has 0 saturated carbocycles. The number of aryl methyl sites for hydroxylation is 2. The van der Waals surface area contributed by atoms with Crippen molar-refractivity contribution in [2.45, 2.75) is 39.0 Å². The number of allylic oxidation sites excluding steroid dienone is 3. The molecule has 2 aromatic rings. The number of nitrogens with two attached hydrogens (primary N) is 1. The number of carbonyl (C=O) groups is 1. The predicted molar refractivity (Wildman–Crippen MR) is 115 cm³/mol. The van der Waals surface area contributed by atoms with E-state index in [9.17, 15) is 20.2 Å². The Kier molecular flexibility index (Phi) is 4.92. The van der Waals surface area contributed by atoms with E-state index < -0.39 is 10.8 Å². The van der Waals surface area contributed by atoms with Gasteiger partial charge in [0.25, 0.3) is 5.69 Å². The van der Waals surface area contributed by atoms with Gasteiger partial charge in [-0.25, -0.2) is 0 Å². The summed E-state index contributed by atoms with van der Waals surface area (Å²) >= 11 is 1.63. The first kappa shape index (κ1) is 19.9. The lowest BCUT2D eigenvalue weighted by molar-refractivity contribution is -0.384. The lowest BCUT2D eigenvalue weighted by Gasteiger charge is -2.39. The summed E-state index contributed by atoms with van der Waals surface area (Å²) < 4.78 is 0. The molecule has 0 saturated heterocycles. The van der Waals surface area contributed by atoms with Crippen molar-refractivity contribution in [2.24, 2.45) is 5.73 Å². The molecule has 2 N–H and O–H groups in total. The number of nitro groups is 1. The van der Waals surface area contributed by atoms with E-state index in [-0.39, 0.29) is 17.3 Å². The van der Waals surface area contributed by atoms with Crippen molar-refractivity contribution in [1.82, 2.24) is 0 Å². The molecule has 7 nitrogen and oxygen atoms in total. The molecule has 2 aliphatic rings. The van der Waals surface area contributed by atoms with Gasteiger partial charge in [0, 0.05) is 45.3 Å². The quantitative estimate of drug-likeness (QED) is 0.574. The van der Waals surface area contributed by atoms with Crippen LogP contribution in [-0.4, -0.2) is 10.7 Å². The van der Waals surface area contributed by atoms with Gasteiger partial charge >= 0.3 is 0 Å². The Morgan fingerprint density at radius 2 is 1.97 bits per heavy atom. The molecule has 2 heterocycles. The average molecular weight is 420 g/mol. The van der Waals surface area contributed by atoms with E-state index in [0.717, 1.165) is 21.0 Å². The predicted octanol–water partition coefficient (Wildman–Crippen LogP) is 4.58. The molecule has 8 heteroatoms. The summed E-state index contributed by atoms with van der Waals surface area (Å²) in [5.74, 6) is -0.179. The average Bonchev–Trinajstić information content (AvgIpc) is 3.05. The second-order valence-corrected chi connectivity index (χ2v) is 8.92. The van der Waals surface area contributed by atoms with E-state index in [4.69, 9.17) is 5.73 Å². The van der Waals surface area contributed by atoms with Crippen LogP contribution in [0, 0.1) is 35.3 Å². The lowest BCUT2D eigenvalue weighted by Crippen LogP contribution is -2.38. The van der Waals surface area contributed by atoms with Gasteiger partial charge in [-0.3, -0.25) is 19.8 Å². The summed E-state index contributed by atoms with van der Waals surface area (Å²) in [6, 6.07) is 10.3. The minimum atomic E-state index is -0.475. The number of ketones is 1. The van der Waals surface area contributed by atoms with Crippen LogP contribution in [0.4, 0.5) is 11.4 Å². The monoisotopic (exact) mass is 420 g/mol. The first-order chi connectivity index (χ1) is 14.3. The van der Waals surface area contributed by atoms with E-state index in [1.807, 2.05) is 19.9 Å². The number of nitro benzene ring substituents is 1. The number of thiophene rings is 1. The molecule has 4 rings (SSSR count). The van der Waals surface area contributed by atoms with Gasteiger partial charge in [-0.05, 0) is 50.5 Å². The fourth-order valence-electron chi connectivity index (χ4n) is 4.35. The third kappa shape index (κ3) is 3.08. The number of hydrogen-bond acceptors (Lipinski definition) is 7. The zero-order chi connectivity index (χ0) is 21.6. The highest BCUT2D eigenvalue weighted by molar-refractivity contribution is 7.12. The van der Waals surface area contributed by atoms with Crippen LogP contribution in [0.3, 0.4) is 0 Å². The SMILES string of the molecule is Cc1cc([C@H]2C(C#N)=C(N)N(c3ccc([N+](=O)[O-])cc3)C3=C2C(=O)CCC3)c(C)s1. The maximum absolute atomic E-state index is 13.1. The van der Waals surface area contributed by atoms with Crippen LogP contribution in [0.2, 0.25) is 0 Å². The number of Topliss-reactive ketones (excluding diaryl/α,β-unsaturated/α-hetero) is 1. The van der Waals surface area contributed by atoms with Crippen molar-refractivity contribution in [3.63, 3.8) is 0 Å². The number of anilines is 1. The number of non-ortho nitro benzene ring substituents is 1.